The summed E-state index contributed by atoms with van der Waals surface area (Å²) >= 11 is 0. The van der Waals surface area contributed by atoms with Crippen LogP contribution < -0.4 is 5.32 Å². The minimum atomic E-state index is 0.542. The van der Waals surface area contributed by atoms with Gasteiger partial charge >= 0.3 is 0 Å². The third-order valence-corrected chi connectivity index (χ3v) is 3.43. The summed E-state index contributed by atoms with van der Waals surface area (Å²) in [6.07, 6.45) is 0. The predicted octanol–water partition coefficient (Wildman–Crippen LogP) is 2.98. The van der Waals surface area contributed by atoms with Crippen molar-refractivity contribution in [2.45, 2.75) is 40.3 Å². The lowest BCUT2D eigenvalue weighted by molar-refractivity contribution is 0.288. The van der Waals surface area contributed by atoms with Crippen LogP contribution in [0.2, 0.25) is 0 Å². The van der Waals surface area contributed by atoms with Crippen LogP contribution in [0.5, 0.6) is 0 Å². The fourth-order valence-corrected chi connectivity index (χ4v) is 2.14. The van der Waals surface area contributed by atoms with Gasteiger partial charge in [-0.15, -0.1) is 0 Å². The van der Waals surface area contributed by atoms with Crippen molar-refractivity contribution in [1.29, 1.82) is 0 Å². The van der Waals surface area contributed by atoms with Crippen molar-refractivity contribution in [3.8, 4) is 0 Å². The van der Waals surface area contributed by atoms with Crippen LogP contribution in [0.25, 0.3) is 0 Å². The van der Waals surface area contributed by atoms with Crippen LogP contribution in [0.1, 0.15) is 30.5 Å². The second kappa shape index (κ2) is 6.91. The molecule has 1 rings (SSSR count). The Kier molecular flexibility index (Phi) is 5.83. The minimum Gasteiger partial charge on any atom is -0.308 e. The molecule has 0 saturated heterocycles. The monoisotopic (exact) mass is 248 g/mol. The molecule has 0 spiro atoms. The highest BCUT2D eigenvalue weighted by atomic mass is 15.1. The summed E-state index contributed by atoms with van der Waals surface area (Å²) in [4.78, 5) is 2.25. The number of nitrogens with one attached hydrogen (secondary N) is 1. The van der Waals surface area contributed by atoms with E-state index in [1.54, 1.807) is 0 Å². The van der Waals surface area contributed by atoms with Gasteiger partial charge in [-0.3, -0.25) is 0 Å². The Labute approximate surface area is 112 Å². The average molecular weight is 248 g/mol. The van der Waals surface area contributed by atoms with Gasteiger partial charge in [0.15, 0.2) is 0 Å². The van der Waals surface area contributed by atoms with Crippen molar-refractivity contribution in [3.63, 3.8) is 0 Å². The van der Waals surface area contributed by atoms with Crippen LogP contribution in [0, 0.1) is 19.8 Å². The zero-order valence-electron chi connectivity index (χ0n) is 12.7. The third-order valence-electron chi connectivity index (χ3n) is 3.43. The molecule has 0 fully saturated rings. The molecule has 0 heterocycles. The summed E-state index contributed by atoms with van der Waals surface area (Å²) < 4.78 is 0. The lowest BCUT2D eigenvalue weighted by atomic mass is 10.0. The average Bonchev–Trinajstić information content (AvgIpc) is 2.27. The van der Waals surface area contributed by atoms with Gasteiger partial charge in [-0.05, 0) is 45.0 Å². The van der Waals surface area contributed by atoms with Gasteiger partial charge in [0.2, 0.25) is 0 Å². The molecule has 102 valence electrons. The number of hydrogen-bond donors (Lipinski definition) is 1. The molecule has 1 aromatic rings. The first kappa shape index (κ1) is 15.2. The molecule has 0 aliphatic carbocycles. The van der Waals surface area contributed by atoms with Gasteiger partial charge < -0.3 is 10.2 Å². The van der Waals surface area contributed by atoms with E-state index in [4.69, 9.17) is 0 Å². The van der Waals surface area contributed by atoms with Crippen molar-refractivity contribution in [1.82, 2.24) is 10.2 Å². The summed E-state index contributed by atoms with van der Waals surface area (Å²) in [6.45, 7) is 11.0. The SMILES string of the molecule is Cc1ccc(C)c(CNC(CN(C)C)C(C)C)c1. The minimum absolute atomic E-state index is 0.542. The molecule has 0 aliphatic heterocycles. The maximum atomic E-state index is 3.69. The molecular formula is C16H28N2. The van der Waals surface area contributed by atoms with Crippen LogP contribution in [0.3, 0.4) is 0 Å². The smallest absolute Gasteiger partial charge is 0.0220 e. The van der Waals surface area contributed by atoms with Crippen molar-refractivity contribution >= 4 is 0 Å². The second-order valence-electron chi connectivity index (χ2n) is 5.92. The second-order valence-corrected chi connectivity index (χ2v) is 5.92. The normalized spacial score (nSPS) is 13.3. The Morgan fingerprint density at radius 3 is 2.39 bits per heavy atom. The van der Waals surface area contributed by atoms with Gasteiger partial charge in [-0.2, -0.15) is 0 Å². The van der Waals surface area contributed by atoms with Crippen molar-refractivity contribution in [2.75, 3.05) is 20.6 Å². The molecule has 0 bridgehead atoms. The summed E-state index contributed by atoms with van der Waals surface area (Å²) in [5.41, 5.74) is 4.13. The number of nitrogens with zero attached hydrogens (tertiary/aromatic N) is 1. The van der Waals surface area contributed by atoms with Crippen LogP contribution in [0.4, 0.5) is 0 Å². The van der Waals surface area contributed by atoms with E-state index in [1.807, 2.05) is 0 Å². The lowest BCUT2D eigenvalue weighted by Gasteiger charge is -2.26. The molecule has 0 aromatic heterocycles. The van der Waals surface area contributed by atoms with Crippen LogP contribution in [0.15, 0.2) is 18.2 Å². The zero-order valence-corrected chi connectivity index (χ0v) is 12.7. The Morgan fingerprint density at radius 1 is 1.17 bits per heavy atom. The van der Waals surface area contributed by atoms with Gasteiger partial charge in [-0.1, -0.05) is 37.6 Å². The standard InChI is InChI=1S/C16H28N2/c1-12(2)16(11-18(5)6)17-10-15-9-13(3)7-8-14(15)4/h7-9,12,16-17H,10-11H2,1-6H3. The Bertz CT molecular complexity index is 369. The van der Waals surface area contributed by atoms with Gasteiger partial charge in [0.05, 0.1) is 0 Å². The molecule has 18 heavy (non-hydrogen) atoms. The van der Waals surface area contributed by atoms with E-state index in [0.29, 0.717) is 12.0 Å². The van der Waals surface area contributed by atoms with Crippen LogP contribution in [-0.2, 0) is 6.54 Å². The van der Waals surface area contributed by atoms with E-state index in [1.165, 1.54) is 16.7 Å². The maximum absolute atomic E-state index is 3.69. The van der Waals surface area contributed by atoms with E-state index in [2.05, 4.69) is 70.2 Å². The van der Waals surface area contributed by atoms with Crippen molar-refractivity contribution < 1.29 is 0 Å². The first-order chi connectivity index (χ1) is 8.40. The molecular weight excluding hydrogens is 220 g/mol. The van der Waals surface area contributed by atoms with Gasteiger partial charge in [0.25, 0.3) is 0 Å². The third kappa shape index (κ3) is 4.79. The highest BCUT2D eigenvalue weighted by Crippen LogP contribution is 2.12. The maximum Gasteiger partial charge on any atom is 0.0220 e. The van der Waals surface area contributed by atoms with E-state index in [0.717, 1.165) is 13.1 Å². The Hall–Kier alpha value is -0.860. The molecule has 0 radical (unpaired) electrons. The van der Waals surface area contributed by atoms with Crippen LogP contribution in [-0.4, -0.2) is 31.6 Å². The number of aryl methyl sites for hydroxylation is 2. The predicted molar refractivity (Wildman–Crippen MR) is 79.9 cm³/mol. The molecule has 1 N–H and O–H groups in total. The van der Waals surface area contributed by atoms with Gasteiger partial charge in [0, 0.05) is 19.1 Å². The summed E-state index contributed by atoms with van der Waals surface area (Å²) in [6, 6.07) is 7.22. The first-order valence-electron chi connectivity index (χ1n) is 6.84. The number of hydrogen-bond acceptors (Lipinski definition) is 2. The number of rotatable bonds is 6. The van der Waals surface area contributed by atoms with Crippen molar-refractivity contribution in [2.24, 2.45) is 5.92 Å². The molecule has 2 nitrogen and oxygen atoms in total. The van der Waals surface area contributed by atoms with E-state index < -0.39 is 0 Å². The Balaban J connectivity index is 2.63. The molecule has 0 saturated carbocycles. The fraction of sp³-hybridized carbons (Fsp3) is 0.625. The van der Waals surface area contributed by atoms with Crippen LogP contribution >= 0.6 is 0 Å². The summed E-state index contributed by atoms with van der Waals surface area (Å²) in [5.74, 6) is 0.650. The topological polar surface area (TPSA) is 15.3 Å². The molecule has 2 heteroatoms. The number of benzene rings is 1. The lowest BCUT2D eigenvalue weighted by Crippen LogP contribution is -2.41. The molecule has 0 aliphatic rings. The molecule has 1 unspecified atom stereocenters. The summed E-state index contributed by atoms with van der Waals surface area (Å²) in [7, 11) is 4.27. The zero-order chi connectivity index (χ0) is 13.7. The quantitative estimate of drug-likeness (QED) is 0.832. The fourth-order valence-electron chi connectivity index (χ4n) is 2.14. The largest absolute Gasteiger partial charge is 0.308 e. The van der Waals surface area contributed by atoms with Gasteiger partial charge in [-0.25, -0.2) is 0 Å². The highest BCUT2D eigenvalue weighted by molar-refractivity contribution is 5.30. The Morgan fingerprint density at radius 2 is 1.83 bits per heavy atom. The van der Waals surface area contributed by atoms with E-state index in [9.17, 15) is 0 Å². The highest BCUT2D eigenvalue weighted by Gasteiger charge is 2.13. The van der Waals surface area contributed by atoms with Gasteiger partial charge in [0.1, 0.15) is 0 Å². The van der Waals surface area contributed by atoms with E-state index >= 15 is 0 Å². The van der Waals surface area contributed by atoms with Crippen molar-refractivity contribution in [3.05, 3.63) is 34.9 Å². The first-order valence-corrected chi connectivity index (χ1v) is 6.84. The summed E-state index contributed by atoms with van der Waals surface area (Å²) in [5, 5.41) is 3.69. The molecule has 1 aromatic carbocycles. The molecule has 1 atom stereocenters. The van der Waals surface area contributed by atoms with E-state index in [-0.39, 0.29) is 0 Å². The number of likely N-dealkylation sites (N-methyl/N-ethyl adjacent to an activating group) is 1. The molecule has 0 amide bonds.